The third-order valence-electron chi connectivity index (χ3n) is 6.83. The van der Waals surface area contributed by atoms with Gasteiger partial charge >= 0.3 is 0 Å². The van der Waals surface area contributed by atoms with E-state index in [9.17, 15) is 0 Å². The van der Waals surface area contributed by atoms with E-state index in [0.29, 0.717) is 6.04 Å². The van der Waals surface area contributed by atoms with E-state index in [0.717, 1.165) is 31.7 Å². The Morgan fingerprint density at radius 2 is 1.68 bits per heavy atom. The number of hydrogen-bond donors (Lipinski definition) is 0. The van der Waals surface area contributed by atoms with Crippen molar-refractivity contribution in [3.63, 3.8) is 0 Å². The molecule has 0 radical (unpaired) electrons. The topological polar surface area (TPSA) is 21.1 Å². The summed E-state index contributed by atoms with van der Waals surface area (Å²) in [6, 6.07) is 22.6. The molecule has 1 aliphatic heterocycles. The summed E-state index contributed by atoms with van der Waals surface area (Å²) < 4.78 is 2.59. The minimum absolute atomic E-state index is 0. The average Bonchev–Trinajstić information content (AvgIpc) is 3.59. The Hall–Kier alpha value is -2.78. The summed E-state index contributed by atoms with van der Waals surface area (Å²) >= 11 is 0. The summed E-state index contributed by atoms with van der Waals surface area (Å²) in [6.07, 6.45) is 6.66. The first-order chi connectivity index (χ1) is 14.8. The Labute approximate surface area is 190 Å². The molecule has 4 heteroatoms. The maximum Gasteiger partial charge on any atom is 0.138 e. The van der Waals surface area contributed by atoms with Crippen LogP contribution in [0.5, 0.6) is 0 Å². The van der Waals surface area contributed by atoms with Crippen LogP contribution in [-0.2, 0) is 19.4 Å². The van der Waals surface area contributed by atoms with Crippen LogP contribution in [0, 0.1) is 6.92 Å². The van der Waals surface area contributed by atoms with Gasteiger partial charge in [0.05, 0.1) is 5.52 Å². The van der Waals surface area contributed by atoms with E-state index in [-0.39, 0.29) is 12.4 Å². The molecule has 3 heterocycles. The molecule has 2 aromatic carbocycles. The highest BCUT2D eigenvalue weighted by Gasteiger charge is 2.30. The van der Waals surface area contributed by atoms with E-state index < -0.39 is 0 Å². The fraction of sp³-hybridized carbons (Fsp3) is 0.296. The molecule has 6 rings (SSSR count). The van der Waals surface area contributed by atoms with Gasteiger partial charge < -0.3 is 9.47 Å². The highest BCUT2D eigenvalue weighted by Crippen LogP contribution is 2.44. The van der Waals surface area contributed by atoms with Crippen LogP contribution >= 0.6 is 12.4 Å². The molecule has 1 saturated carbocycles. The lowest BCUT2D eigenvalue weighted by atomic mass is 9.98. The number of halogens is 1. The predicted molar refractivity (Wildman–Crippen MR) is 130 cm³/mol. The van der Waals surface area contributed by atoms with Crippen molar-refractivity contribution in [1.82, 2.24) is 9.55 Å². The third kappa shape index (κ3) is 3.51. The summed E-state index contributed by atoms with van der Waals surface area (Å²) in [5.74, 6) is 1.16. The monoisotopic (exact) mass is 429 g/mol. The van der Waals surface area contributed by atoms with Crippen molar-refractivity contribution in [1.29, 1.82) is 0 Å². The van der Waals surface area contributed by atoms with Gasteiger partial charge in [0, 0.05) is 36.4 Å². The van der Waals surface area contributed by atoms with Gasteiger partial charge in [-0.1, -0.05) is 54.6 Å². The number of rotatable bonds is 4. The van der Waals surface area contributed by atoms with E-state index in [1.54, 1.807) is 0 Å². The zero-order valence-corrected chi connectivity index (χ0v) is 18.7. The highest BCUT2D eigenvalue weighted by molar-refractivity contribution is 5.95. The van der Waals surface area contributed by atoms with Crippen LogP contribution in [0.2, 0.25) is 0 Å². The van der Waals surface area contributed by atoms with Gasteiger partial charge in [0.15, 0.2) is 0 Å². The maximum atomic E-state index is 4.95. The van der Waals surface area contributed by atoms with Crippen molar-refractivity contribution in [2.24, 2.45) is 0 Å². The Morgan fingerprint density at radius 1 is 0.935 bits per heavy atom. The zero-order chi connectivity index (χ0) is 20.1. The second-order valence-corrected chi connectivity index (χ2v) is 8.80. The highest BCUT2D eigenvalue weighted by atomic mass is 35.5. The van der Waals surface area contributed by atoms with E-state index in [4.69, 9.17) is 4.98 Å². The second kappa shape index (κ2) is 8.05. The first kappa shape index (κ1) is 20.1. The van der Waals surface area contributed by atoms with Gasteiger partial charge in [-0.25, -0.2) is 4.98 Å². The molecule has 31 heavy (non-hydrogen) atoms. The van der Waals surface area contributed by atoms with Crippen LogP contribution in [0.4, 0.5) is 5.82 Å². The molecule has 4 aromatic rings. The number of benzene rings is 2. The summed E-state index contributed by atoms with van der Waals surface area (Å²) in [7, 11) is 0. The Balaban J connectivity index is 0.00000204. The zero-order valence-electron chi connectivity index (χ0n) is 17.9. The van der Waals surface area contributed by atoms with Gasteiger partial charge in [-0.2, -0.15) is 0 Å². The number of aromatic nitrogens is 2. The molecular weight excluding hydrogens is 402 g/mol. The van der Waals surface area contributed by atoms with Gasteiger partial charge in [-0.15, -0.1) is 12.4 Å². The van der Waals surface area contributed by atoms with Gasteiger partial charge in [0.1, 0.15) is 5.82 Å². The molecule has 3 nitrogen and oxygen atoms in total. The molecule has 158 valence electrons. The molecule has 0 unspecified atom stereocenters. The van der Waals surface area contributed by atoms with Crippen LogP contribution in [0.1, 0.15) is 46.8 Å². The molecule has 1 fully saturated rings. The second-order valence-electron chi connectivity index (χ2n) is 8.80. The summed E-state index contributed by atoms with van der Waals surface area (Å²) in [6.45, 7) is 4.29. The van der Waals surface area contributed by atoms with Crippen molar-refractivity contribution >= 4 is 29.1 Å². The van der Waals surface area contributed by atoms with E-state index >= 15 is 0 Å². The SMILES string of the molecule is Cc1c(Cc2ccccc2)c2c(N3CCc4ccccc4C3)nccc2n1C1CC1.Cl. The fourth-order valence-electron chi connectivity index (χ4n) is 5.17. The lowest BCUT2D eigenvalue weighted by Gasteiger charge is -2.30. The van der Waals surface area contributed by atoms with Crippen molar-refractivity contribution in [3.05, 3.63) is 94.8 Å². The van der Waals surface area contributed by atoms with Crippen molar-refractivity contribution in [2.45, 2.75) is 45.2 Å². The van der Waals surface area contributed by atoms with Gasteiger partial charge in [0.25, 0.3) is 0 Å². The standard InChI is InChI=1S/C27H27N3.ClH/c1-19-24(17-20-7-3-2-4-8-20)26-25(30(19)23-11-12-23)13-15-28-27(26)29-16-14-21-9-5-6-10-22(21)18-29;/h2-10,13,15,23H,11-12,14,16-18H2,1H3;1H. The number of fused-ring (bicyclic) bond motifs is 2. The number of anilines is 1. The smallest absolute Gasteiger partial charge is 0.138 e. The van der Waals surface area contributed by atoms with Crippen LogP contribution in [0.25, 0.3) is 10.9 Å². The van der Waals surface area contributed by atoms with Crippen molar-refractivity contribution in [2.75, 3.05) is 11.4 Å². The minimum Gasteiger partial charge on any atom is -0.351 e. The Bertz CT molecular complexity index is 1220. The Morgan fingerprint density at radius 3 is 2.45 bits per heavy atom. The molecule has 0 saturated heterocycles. The molecular formula is C27H28ClN3. The largest absolute Gasteiger partial charge is 0.351 e. The third-order valence-corrected chi connectivity index (χ3v) is 6.83. The van der Waals surface area contributed by atoms with E-state index in [2.05, 4.69) is 77.1 Å². The van der Waals surface area contributed by atoms with Crippen molar-refractivity contribution in [3.8, 4) is 0 Å². The van der Waals surface area contributed by atoms with Crippen LogP contribution in [0.15, 0.2) is 66.9 Å². The summed E-state index contributed by atoms with van der Waals surface area (Å²) in [5.41, 5.74) is 8.52. The molecule has 0 bridgehead atoms. The number of nitrogens with zero attached hydrogens (tertiary/aromatic N) is 3. The van der Waals surface area contributed by atoms with E-state index in [1.807, 2.05) is 6.20 Å². The predicted octanol–water partition coefficient (Wildman–Crippen LogP) is 6.25. The minimum atomic E-state index is 0. The van der Waals surface area contributed by atoms with Gasteiger partial charge in [-0.3, -0.25) is 0 Å². The normalized spacial score (nSPS) is 15.6. The van der Waals surface area contributed by atoms with Crippen LogP contribution in [-0.4, -0.2) is 16.1 Å². The Kier molecular flexibility index (Phi) is 5.23. The molecule has 0 atom stereocenters. The average molecular weight is 430 g/mol. The molecule has 0 amide bonds. The first-order valence-electron chi connectivity index (χ1n) is 11.1. The lowest BCUT2D eigenvalue weighted by Crippen LogP contribution is -2.31. The number of pyridine rings is 1. The molecule has 0 N–H and O–H groups in total. The van der Waals surface area contributed by atoms with E-state index in [1.165, 1.54) is 51.7 Å². The number of hydrogen-bond acceptors (Lipinski definition) is 2. The fourth-order valence-corrected chi connectivity index (χ4v) is 5.17. The first-order valence-corrected chi connectivity index (χ1v) is 11.1. The molecule has 0 spiro atoms. The molecule has 2 aliphatic rings. The maximum absolute atomic E-state index is 4.95. The quantitative estimate of drug-likeness (QED) is 0.382. The molecule has 1 aliphatic carbocycles. The summed E-state index contributed by atoms with van der Waals surface area (Å²) in [5, 5.41) is 1.37. The van der Waals surface area contributed by atoms with Gasteiger partial charge in [0.2, 0.25) is 0 Å². The molecule has 2 aromatic heterocycles. The van der Waals surface area contributed by atoms with Gasteiger partial charge in [-0.05, 0) is 60.9 Å². The van der Waals surface area contributed by atoms with Crippen molar-refractivity contribution < 1.29 is 0 Å². The van der Waals surface area contributed by atoms with Crippen LogP contribution in [0.3, 0.4) is 0 Å². The summed E-state index contributed by atoms with van der Waals surface area (Å²) in [4.78, 5) is 7.45. The van der Waals surface area contributed by atoms with Crippen LogP contribution < -0.4 is 4.90 Å². The lowest BCUT2D eigenvalue weighted by molar-refractivity contribution is 0.723.